The standard InChI is InChI=1S/C25H17NO8/c1-14(27)15-6-4-5-9-20(15)33-12-13-34-25(30)19-11-10-18-21(22(19)26(31)32)24(29)17-8-3-2-7-16(17)23(18)28/h2-11H,12-13H2,1H3. The average Bonchev–Trinajstić information content (AvgIpc) is 2.84. The number of nitro benzene ring substituents is 1. The van der Waals surface area contributed by atoms with Crippen molar-refractivity contribution in [1.29, 1.82) is 0 Å². The van der Waals surface area contributed by atoms with Crippen LogP contribution >= 0.6 is 0 Å². The van der Waals surface area contributed by atoms with Crippen LogP contribution in [0.1, 0.15) is 59.5 Å². The van der Waals surface area contributed by atoms with Crippen LogP contribution in [0.15, 0.2) is 60.7 Å². The van der Waals surface area contributed by atoms with Crippen molar-refractivity contribution < 1.29 is 33.6 Å². The number of hydrogen-bond acceptors (Lipinski definition) is 8. The molecule has 0 saturated heterocycles. The zero-order chi connectivity index (χ0) is 24.4. The Kier molecular flexibility index (Phi) is 6.01. The van der Waals surface area contributed by atoms with E-state index in [1.54, 1.807) is 36.4 Å². The van der Waals surface area contributed by atoms with Gasteiger partial charge in [-0.1, -0.05) is 36.4 Å². The number of Topliss-reactive ketones (excluding diaryl/α,β-unsaturated/α-hetero) is 1. The van der Waals surface area contributed by atoms with E-state index in [0.29, 0.717) is 11.3 Å². The molecule has 0 aliphatic heterocycles. The lowest BCUT2D eigenvalue weighted by Gasteiger charge is -2.18. The predicted molar refractivity (Wildman–Crippen MR) is 119 cm³/mol. The van der Waals surface area contributed by atoms with E-state index in [2.05, 4.69) is 0 Å². The predicted octanol–water partition coefficient (Wildman–Crippen LogP) is 3.81. The molecule has 3 aromatic carbocycles. The molecule has 170 valence electrons. The van der Waals surface area contributed by atoms with Gasteiger partial charge in [0.05, 0.1) is 10.5 Å². The smallest absolute Gasteiger partial charge is 0.345 e. The van der Waals surface area contributed by atoms with E-state index in [4.69, 9.17) is 9.47 Å². The number of ketones is 3. The molecule has 0 unspecified atom stereocenters. The van der Waals surface area contributed by atoms with Gasteiger partial charge >= 0.3 is 5.97 Å². The number of carbonyl (C=O) groups excluding carboxylic acids is 4. The Morgan fingerprint density at radius 2 is 1.47 bits per heavy atom. The van der Waals surface area contributed by atoms with Crippen LogP contribution in [0.4, 0.5) is 5.69 Å². The Hall–Kier alpha value is -4.66. The molecule has 0 atom stereocenters. The fourth-order valence-electron chi connectivity index (χ4n) is 3.77. The van der Waals surface area contributed by atoms with Gasteiger partial charge in [-0.25, -0.2) is 4.79 Å². The molecular weight excluding hydrogens is 442 g/mol. The average molecular weight is 459 g/mol. The monoisotopic (exact) mass is 459 g/mol. The molecule has 0 radical (unpaired) electrons. The molecular formula is C25H17NO8. The van der Waals surface area contributed by atoms with Crippen molar-refractivity contribution in [3.05, 3.63) is 104 Å². The van der Waals surface area contributed by atoms with Gasteiger partial charge in [0.1, 0.15) is 30.1 Å². The fraction of sp³-hybridized carbons (Fsp3) is 0.120. The Labute approximate surface area is 193 Å². The van der Waals surface area contributed by atoms with Crippen LogP contribution in [0.25, 0.3) is 0 Å². The number of rotatable bonds is 7. The second kappa shape index (κ2) is 9.07. The highest BCUT2D eigenvalue weighted by Gasteiger charge is 2.38. The summed E-state index contributed by atoms with van der Waals surface area (Å²) in [5, 5.41) is 11.9. The first-order chi connectivity index (χ1) is 16.3. The van der Waals surface area contributed by atoms with Gasteiger partial charge in [-0.3, -0.25) is 24.5 Å². The topological polar surface area (TPSA) is 130 Å². The fourth-order valence-corrected chi connectivity index (χ4v) is 3.77. The highest BCUT2D eigenvalue weighted by atomic mass is 16.6. The third-order valence-electron chi connectivity index (χ3n) is 5.31. The minimum Gasteiger partial charge on any atom is -0.489 e. The minimum atomic E-state index is -1.04. The second-order valence-electron chi connectivity index (χ2n) is 7.38. The van der Waals surface area contributed by atoms with Crippen LogP contribution in [0, 0.1) is 10.1 Å². The third kappa shape index (κ3) is 3.95. The molecule has 1 aliphatic rings. The molecule has 9 nitrogen and oxygen atoms in total. The highest BCUT2D eigenvalue weighted by Crippen LogP contribution is 2.35. The molecule has 0 amide bonds. The summed E-state index contributed by atoms with van der Waals surface area (Å²) >= 11 is 0. The minimum absolute atomic E-state index is 0.0335. The molecule has 0 bridgehead atoms. The number of benzene rings is 3. The highest BCUT2D eigenvalue weighted by molar-refractivity contribution is 6.30. The Balaban J connectivity index is 1.57. The van der Waals surface area contributed by atoms with E-state index in [0.717, 1.165) is 6.07 Å². The lowest BCUT2D eigenvalue weighted by molar-refractivity contribution is -0.385. The third-order valence-corrected chi connectivity index (χ3v) is 5.31. The van der Waals surface area contributed by atoms with Gasteiger partial charge in [-0.05, 0) is 31.2 Å². The molecule has 9 heteroatoms. The maximum atomic E-state index is 13.0. The summed E-state index contributed by atoms with van der Waals surface area (Å²) in [5.74, 6) is -2.18. The number of nitro groups is 1. The lowest BCUT2D eigenvalue weighted by atomic mass is 9.82. The zero-order valence-electron chi connectivity index (χ0n) is 17.9. The number of para-hydroxylation sites is 1. The first-order valence-electron chi connectivity index (χ1n) is 10.2. The Bertz CT molecular complexity index is 1380. The number of nitrogens with zero attached hydrogens (tertiary/aromatic N) is 1. The van der Waals surface area contributed by atoms with E-state index < -0.39 is 39.3 Å². The molecule has 0 spiro atoms. The van der Waals surface area contributed by atoms with Crippen LogP contribution < -0.4 is 4.74 Å². The van der Waals surface area contributed by atoms with Crippen LogP contribution in [0.2, 0.25) is 0 Å². The first kappa shape index (κ1) is 22.5. The second-order valence-corrected chi connectivity index (χ2v) is 7.38. The molecule has 0 heterocycles. The van der Waals surface area contributed by atoms with Crippen LogP contribution in [-0.2, 0) is 4.74 Å². The van der Waals surface area contributed by atoms with Gasteiger partial charge in [-0.15, -0.1) is 0 Å². The summed E-state index contributed by atoms with van der Waals surface area (Å²) in [5.41, 5.74) is -1.26. The van der Waals surface area contributed by atoms with Gasteiger partial charge in [-0.2, -0.15) is 0 Å². The molecule has 0 saturated carbocycles. The first-order valence-corrected chi connectivity index (χ1v) is 10.2. The van der Waals surface area contributed by atoms with Gasteiger partial charge in [0, 0.05) is 16.7 Å². The van der Waals surface area contributed by atoms with Crippen molar-refractivity contribution in [3.8, 4) is 5.75 Å². The van der Waals surface area contributed by atoms with Crippen molar-refractivity contribution in [2.24, 2.45) is 0 Å². The number of carbonyl (C=O) groups is 4. The Morgan fingerprint density at radius 3 is 2.15 bits per heavy atom. The van der Waals surface area contributed by atoms with Crippen molar-refractivity contribution in [2.45, 2.75) is 6.92 Å². The molecule has 34 heavy (non-hydrogen) atoms. The zero-order valence-corrected chi connectivity index (χ0v) is 17.9. The van der Waals surface area contributed by atoms with E-state index >= 15 is 0 Å². The summed E-state index contributed by atoms with van der Waals surface area (Å²) < 4.78 is 10.6. The van der Waals surface area contributed by atoms with Crippen LogP contribution in [0.3, 0.4) is 0 Å². The summed E-state index contributed by atoms with van der Waals surface area (Å²) in [4.78, 5) is 61.1. The van der Waals surface area contributed by atoms with Crippen molar-refractivity contribution in [1.82, 2.24) is 0 Å². The summed E-state index contributed by atoms with van der Waals surface area (Å²) in [6.07, 6.45) is 0. The van der Waals surface area contributed by atoms with E-state index in [1.807, 2.05) is 0 Å². The quantitative estimate of drug-likeness (QED) is 0.134. The van der Waals surface area contributed by atoms with Crippen molar-refractivity contribution in [3.63, 3.8) is 0 Å². The van der Waals surface area contributed by atoms with E-state index in [9.17, 15) is 29.3 Å². The number of ether oxygens (including phenoxy) is 2. The summed E-state index contributed by atoms with van der Waals surface area (Å²) in [6.45, 7) is 1.01. The molecule has 4 rings (SSSR count). The molecule has 0 fully saturated rings. The SMILES string of the molecule is CC(=O)c1ccccc1OCCOC(=O)c1ccc2c(c1[N+](=O)[O-])C(=O)c1ccccc1C2=O. The largest absolute Gasteiger partial charge is 0.489 e. The van der Waals surface area contributed by atoms with E-state index in [1.165, 1.54) is 25.1 Å². The van der Waals surface area contributed by atoms with Gasteiger partial charge < -0.3 is 9.47 Å². The molecule has 1 aliphatic carbocycles. The number of fused-ring (bicyclic) bond motifs is 2. The van der Waals surface area contributed by atoms with E-state index in [-0.39, 0.29) is 35.7 Å². The molecule has 0 N–H and O–H groups in total. The normalized spacial score (nSPS) is 11.9. The van der Waals surface area contributed by atoms with Gasteiger partial charge in [0.15, 0.2) is 11.6 Å². The van der Waals surface area contributed by atoms with Crippen LogP contribution in [0.5, 0.6) is 5.75 Å². The maximum Gasteiger partial charge on any atom is 0.345 e. The maximum absolute atomic E-state index is 13.0. The van der Waals surface area contributed by atoms with Crippen molar-refractivity contribution in [2.75, 3.05) is 13.2 Å². The van der Waals surface area contributed by atoms with Gasteiger partial charge in [0.2, 0.25) is 5.78 Å². The number of esters is 1. The summed E-state index contributed by atoms with van der Waals surface area (Å²) in [6, 6.07) is 14.9. The Morgan fingerprint density at radius 1 is 0.824 bits per heavy atom. The number of hydrogen-bond donors (Lipinski definition) is 0. The summed E-state index contributed by atoms with van der Waals surface area (Å²) in [7, 11) is 0. The molecule has 3 aromatic rings. The van der Waals surface area contributed by atoms with Gasteiger partial charge in [0.25, 0.3) is 5.69 Å². The lowest BCUT2D eigenvalue weighted by Crippen LogP contribution is -2.24. The van der Waals surface area contributed by atoms with Crippen LogP contribution in [-0.4, -0.2) is 41.5 Å². The molecule has 0 aromatic heterocycles. The van der Waals surface area contributed by atoms with Crippen molar-refractivity contribution >= 4 is 29.0 Å².